The van der Waals surface area contributed by atoms with Gasteiger partial charge in [0.1, 0.15) is 5.75 Å². The second kappa shape index (κ2) is 5.14. The second-order valence-corrected chi connectivity index (χ2v) is 5.84. The normalized spacial score (nSPS) is 10.7. The summed E-state index contributed by atoms with van der Waals surface area (Å²) in [4.78, 5) is 24.0. The number of benzene rings is 2. The predicted molar refractivity (Wildman–Crippen MR) is 86.1 cm³/mol. The Labute approximate surface area is 125 Å². The highest BCUT2D eigenvalue weighted by molar-refractivity contribution is 7.24. The van der Waals surface area contributed by atoms with Gasteiger partial charge in [0, 0.05) is 25.7 Å². The lowest BCUT2D eigenvalue weighted by Gasteiger charge is -2.05. The zero-order valence-corrected chi connectivity index (χ0v) is 12.2. The van der Waals surface area contributed by atoms with Crippen LogP contribution in [0.5, 0.6) is 5.75 Å². The van der Waals surface area contributed by atoms with Crippen molar-refractivity contribution in [3.05, 3.63) is 64.8 Å². The molecule has 0 N–H and O–H groups in total. The van der Waals surface area contributed by atoms with Crippen molar-refractivity contribution in [2.75, 3.05) is 0 Å². The molecular formula is C17H12O3S. The Bertz CT molecular complexity index is 938. The van der Waals surface area contributed by atoms with Crippen molar-refractivity contribution >= 4 is 37.5 Å². The maximum Gasteiger partial charge on any atom is 0.338 e. The van der Waals surface area contributed by atoms with Gasteiger partial charge in [0.25, 0.3) is 0 Å². The van der Waals surface area contributed by atoms with E-state index in [2.05, 4.69) is 6.58 Å². The summed E-state index contributed by atoms with van der Waals surface area (Å²) in [5, 5.41) is 1.34. The maximum atomic E-state index is 12.4. The van der Waals surface area contributed by atoms with E-state index in [1.807, 2.05) is 24.3 Å². The van der Waals surface area contributed by atoms with Gasteiger partial charge in [-0.1, -0.05) is 18.7 Å². The molecule has 3 rings (SSSR count). The quantitative estimate of drug-likeness (QED) is 0.312. The minimum Gasteiger partial charge on any atom is -0.423 e. The number of hydrogen-bond donors (Lipinski definition) is 0. The molecule has 0 saturated heterocycles. The molecule has 4 heteroatoms. The van der Waals surface area contributed by atoms with E-state index in [-0.39, 0.29) is 5.43 Å². The maximum absolute atomic E-state index is 12.4. The van der Waals surface area contributed by atoms with Gasteiger partial charge in [-0.3, -0.25) is 4.79 Å². The van der Waals surface area contributed by atoms with Gasteiger partial charge in [0.2, 0.25) is 0 Å². The first-order chi connectivity index (χ1) is 10.1. The van der Waals surface area contributed by atoms with Gasteiger partial charge in [-0.25, -0.2) is 4.79 Å². The molecule has 21 heavy (non-hydrogen) atoms. The van der Waals surface area contributed by atoms with E-state index in [0.717, 1.165) is 9.40 Å². The van der Waals surface area contributed by atoms with Crippen LogP contribution in [0.25, 0.3) is 20.2 Å². The highest BCUT2D eigenvalue weighted by atomic mass is 32.1. The first kappa shape index (κ1) is 13.5. The Hall–Kier alpha value is -2.46. The van der Waals surface area contributed by atoms with Crippen LogP contribution in [0, 0.1) is 0 Å². The van der Waals surface area contributed by atoms with Gasteiger partial charge in [0.05, 0.1) is 0 Å². The number of fused-ring (bicyclic) bond motifs is 2. The third kappa shape index (κ3) is 2.45. The fraction of sp³-hybridized carbons (Fsp3) is 0.0588. The smallest absolute Gasteiger partial charge is 0.338 e. The molecule has 1 aromatic heterocycles. The van der Waals surface area contributed by atoms with E-state index in [1.54, 1.807) is 25.1 Å². The topological polar surface area (TPSA) is 43.4 Å². The van der Waals surface area contributed by atoms with Crippen LogP contribution in [0.15, 0.2) is 59.4 Å². The van der Waals surface area contributed by atoms with Crippen LogP contribution in [0.1, 0.15) is 6.92 Å². The van der Waals surface area contributed by atoms with E-state index in [9.17, 15) is 9.59 Å². The molecule has 0 spiro atoms. The van der Waals surface area contributed by atoms with E-state index in [1.165, 1.54) is 11.3 Å². The number of esters is 1. The van der Waals surface area contributed by atoms with Crippen molar-refractivity contribution in [1.29, 1.82) is 0 Å². The van der Waals surface area contributed by atoms with Crippen molar-refractivity contribution < 1.29 is 9.53 Å². The summed E-state index contributed by atoms with van der Waals surface area (Å²) in [6.45, 7) is 5.14. The molecule has 1 heterocycles. The fourth-order valence-electron chi connectivity index (χ4n) is 2.04. The standard InChI is InChI=1S/C17H12O3S/c1-10(2)17(19)20-11-7-8-13-15(9-11)21-14-6-4-3-5-12(14)16(13)18/h3-9H,1H2,2H3. The third-order valence-electron chi connectivity index (χ3n) is 3.11. The molecule has 0 aliphatic carbocycles. The number of ether oxygens (including phenoxy) is 1. The Balaban J connectivity index is 2.18. The molecule has 0 aliphatic heterocycles. The summed E-state index contributed by atoms with van der Waals surface area (Å²) in [7, 11) is 0. The Kier molecular flexibility index (Phi) is 3.31. The zero-order valence-electron chi connectivity index (χ0n) is 11.4. The van der Waals surface area contributed by atoms with Crippen molar-refractivity contribution in [2.24, 2.45) is 0 Å². The molecular weight excluding hydrogens is 284 g/mol. The highest BCUT2D eigenvalue weighted by Crippen LogP contribution is 2.27. The van der Waals surface area contributed by atoms with E-state index < -0.39 is 5.97 Å². The number of carbonyl (C=O) groups is 1. The van der Waals surface area contributed by atoms with Crippen LogP contribution in [-0.4, -0.2) is 5.97 Å². The molecule has 0 saturated carbocycles. The SMILES string of the molecule is C=C(C)C(=O)Oc1ccc2c(=O)c3ccccc3sc2c1. The van der Waals surface area contributed by atoms with Crippen LogP contribution >= 0.6 is 11.3 Å². The van der Waals surface area contributed by atoms with Crippen LogP contribution in [0.3, 0.4) is 0 Å². The minimum atomic E-state index is -0.470. The number of rotatable bonds is 2. The lowest BCUT2D eigenvalue weighted by molar-refractivity contribution is -0.130. The summed E-state index contributed by atoms with van der Waals surface area (Å²) in [6, 6.07) is 12.5. The first-order valence-corrected chi connectivity index (χ1v) is 7.21. The summed E-state index contributed by atoms with van der Waals surface area (Å²) in [6.07, 6.45) is 0. The Morgan fingerprint density at radius 1 is 1.10 bits per heavy atom. The van der Waals surface area contributed by atoms with E-state index in [4.69, 9.17) is 4.74 Å². The predicted octanol–water partition coefficient (Wildman–Crippen LogP) is 3.90. The largest absolute Gasteiger partial charge is 0.423 e. The monoisotopic (exact) mass is 296 g/mol. The fourth-order valence-corrected chi connectivity index (χ4v) is 3.14. The molecule has 2 aromatic carbocycles. The lowest BCUT2D eigenvalue weighted by Crippen LogP contribution is -2.08. The molecule has 0 bridgehead atoms. The van der Waals surface area contributed by atoms with Crippen molar-refractivity contribution in [3.8, 4) is 5.75 Å². The van der Waals surface area contributed by atoms with Gasteiger partial charge < -0.3 is 4.74 Å². The third-order valence-corrected chi connectivity index (χ3v) is 4.24. The van der Waals surface area contributed by atoms with Crippen LogP contribution in [0.2, 0.25) is 0 Å². The average Bonchev–Trinajstić information content (AvgIpc) is 2.47. The molecule has 0 amide bonds. The Morgan fingerprint density at radius 3 is 2.57 bits per heavy atom. The molecule has 0 radical (unpaired) electrons. The van der Waals surface area contributed by atoms with Crippen LogP contribution in [-0.2, 0) is 4.79 Å². The van der Waals surface area contributed by atoms with Gasteiger partial charge in [-0.15, -0.1) is 11.3 Å². The Morgan fingerprint density at radius 2 is 1.81 bits per heavy atom. The summed E-state index contributed by atoms with van der Waals surface area (Å²) in [5.74, 6) is -0.0519. The van der Waals surface area contributed by atoms with Crippen LogP contribution < -0.4 is 10.2 Å². The van der Waals surface area contributed by atoms with Crippen LogP contribution in [0.4, 0.5) is 0 Å². The van der Waals surface area contributed by atoms with E-state index in [0.29, 0.717) is 22.1 Å². The van der Waals surface area contributed by atoms with E-state index >= 15 is 0 Å². The van der Waals surface area contributed by atoms with Crippen molar-refractivity contribution in [2.45, 2.75) is 6.92 Å². The zero-order chi connectivity index (χ0) is 15.0. The molecule has 3 aromatic rings. The molecule has 104 valence electrons. The molecule has 3 nitrogen and oxygen atoms in total. The molecule has 0 atom stereocenters. The minimum absolute atomic E-state index is 0.00266. The van der Waals surface area contributed by atoms with Gasteiger partial charge in [0.15, 0.2) is 5.43 Å². The van der Waals surface area contributed by atoms with Crippen molar-refractivity contribution in [1.82, 2.24) is 0 Å². The number of hydrogen-bond acceptors (Lipinski definition) is 4. The molecule has 0 aliphatic rings. The number of carbonyl (C=O) groups excluding carboxylic acids is 1. The van der Waals surface area contributed by atoms with Gasteiger partial charge in [-0.2, -0.15) is 0 Å². The van der Waals surface area contributed by atoms with Gasteiger partial charge >= 0.3 is 5.97 Å². The summed E-state index contributed by atoms with van der Waals surface area (Å²) < 4.78 is 6.91. The lowest BCUT2D eigenvalue weighted by atomic mass is 10.2. The first-order valence-electron chi connectivity index (χ1n) is 6.39. The highest BCUT2D eigenvalue weighted by Gasteiger charge is 2.09. The second-order valence-electron chi connectivity index (χ2n) is 4.76. The molecule has 0 fully saturated rings. The van der Waals surface area contributed by atoms with Gasteiger partial charge in [-0.05, 0) is 37.3 Å². The van der Waals surface area contributed by atoms with Crippen molar-refractivity contribution in [3.63, 3.8) is 0 Å². The summed E-state index contributed by atoms with van der Waals surface area (Å²) >= 11 is 1.50. The molecule has 0 unspecified atom stereocenters. The summed E-state index contributed by atoms with van der Waals surface area (Å²) in [5.41, 5.74) is 0.332. The average molecular weight is 296 g/mol.